The van der Waals surface area contributed by atoms with E-state index in [0.717, 1.165) is 6.07 Å². The van der Waals surface area contributed by atoms with Crippen LogP contribution in [0.3, 0.4) is 0 Å². The zero-order valence-corrected chi connectivity index (χ0v) is 22.9. The van der Waals surface area contributed by atoms with Crippen molar-refractivity contribution < 1.29 is 69.0 Å². The van der Waals surface area contributed by atoms with E-state index in [-0.39, 0.29) is 34.0 Å². The fraction of sp³-hybridized carbons (Fsp3) is 0.464. The first kappa shape index (κ1) is 30.9. The van der Waals surface area contributed by atoms with Gasteiger partial charge < -0.3 is 69.0 Å². The van der Waals surface area contributed by atoms with Gasteiger partial charge in [-0.1, -0.05) is 0 Å². The fourth-order valence-electron chi connectivity index (χ4n) is 4.94. The second-order valence-corrected chi connectivity index (χ2v) is 10.3. The summed E-state index contributed by atoms with van der Waals surface area (Å²) in [7, 11) is 1.26. The van der Waals surface area contributed by atoms with Crippen LogP contribution in [0.25, 0.3) is 22.3 Å². The molecule has 2 saturated heterocycles. The minimum atomic E-state index is -1.78. The van der Waals surface area contributed by atoms with Crippen molar-refractivity contribution in [2.45, 2.75) is 68.3 Å². The van der Waals surface area contributed by atoms with Crippen LogP contribution in [0.4, 0.5) is 0 Å². The van der Waals surface area contributed by atoms with Crippen LogP contribution in [-0.2, 0) is 14.2 Å². The summed E-state index contributed by atoms with van der Waals surface area (Å²) in [5.41, 5.74) is -0.443. The monoisotopic (exact) mass is 608 g/mol. The molecule has 3 heterocycles. The molecule has 0 amide bonds. The minimum absolute atomic E-state index is 0.000308. The largest absolute Gasteiger partial charge is 0.508 e. The Morgan fingerprint density at radius 3 is 2.14 bits per heavy atom. The molecule has 2 fully saturated rings. The van der Waals surface area contributed by atoms with Crippen LogP contribution in [0.1, 0.15) is 6.92 Å². The smallest absolute Gasteiger partial charge is 0.239 e. The Morgan fingerprint density at radius 2 is 1.47 bits per heavy atom. The molecule has 0 spiro atoms. The van der Waals surface area contributed by atoms with Crippen molar-refractivity contribution in [1.82, 2.24) is 0 Å². The third-order valence-corrected chi connectivity index (χ3v) is 7.39. The molecular weight excluding hydrogens is 576 g/mol. The molecule has 0 radical (unpaired) electrons. The maximum absolute atomic E-state index is 13.2. The number of rotatable bonds is 7. The summed E-state index contributed by atoms with van der Waals surface area (Å²) < 4.78 is 33.3. The summed E-state index contributed by atoms with van der Waals surface area (Å²) in [6, 6.07) is 8.03. The molecule has 1 aromatic heterocycles. The summed E-state index contributed by atoms with van der Waals surface area (Å²) in [6.07, 6.45) is -15.1. The van der Waals surface area contributed by atoms with Crippen molar-refractivity contribution in [3.8, 4) is 34.3 Å². The molecule has 0 unspecified atom stereocenters. The number of aliphatic hydroxyl groups is 6. The highest BCUT2D eigenvalue weighted by Crippen LogP contribution is 2.37. The number of phenolic OH excluding ortho intramolecular Hbond substituents is 2. The van der Waals surface area contributed by atoms with Crippen molar-refractivity contribution >= 4 is 11.0 Å². The van der Waals surface area contributed by atoms with E-state index >= 15 is 0 Å². The molecule has 0 saturated carbocycles. The number of hydrogen-bond donors (Lipinski definition) is 8. The van der Waals surface area contributed by atoms with Crippen LogP contribution in [0.2, 0.25) is 0 Å². The lowest BCUT2D eigenvalue weighted by Gasteiger charge is -2.42. The molecule has 0 bridgehead atoms. The first-order valence-electron chi connectivity index (χ1n) is 13.3. The lowest BCUT2D eigenvalue weighted by molar-refractivity contribution is -0.318. The van der Waals surface area contributed by atoms with E-state index in [0.29, 0.717) is 5.56 Å². The van der Waals surface area contributed by atoms with E-state index < -0.39 is 79.2 Å². The number of methoxy groups -OCH3 is 1. The molecule has 5 rings (SSSR count). The number of aromatic hydroxyl groups is 2. The van der Waals surface area contributed by atoms with Crippen LogP contribution in [-0.4, -0.2) is 116 Å². The topological polar surface area (TPSA) is 238 Å². The first-order chi connectivity index (χ1) is 20.4. The lowest BCUT2D eigenvalue weighted by Crippen LogP contribution is -2.61. The quantitative estimate of drug-likeness (QED) is 0.159. The van der Waals surface area contributed by atoms with E-state index in [2.05, 4.69) is 0 Å². The maximum atomic E-state index is 13.2. The van der Waals surface area contributed by atoms with E-state index in [1.54, 1.807) is 0 Å². The number of aliphatic hydroxyl groups excluding tert-OH is 6. The van der Waals surface area contributed by atoms with Gasteiger partial charge >= 0.3 is 0 Å². The van der Waals surface area contributed by atoms with Crippen molar-refractivity contribution in [3.63, 3.8) is 0 Å². The average molecular weight is 609 g/mol. The zero-order chi connectivity index (χ0) is 31.2. The molecule has 8 N–H and O–H groups in total. The highest BCUT2D eigenvalue weighted by molar-refractivity contribution is 5.88. The molecule has 234 valence electrons. The number of phenols is 2. The van der Waals surface area contributed by atoms with Gasteiger partial charge in [0.1, 0.15) is 70.9 Å². The maximum Gasteiger partial charge on any atom is 0.239 e. The Labute approximate surface area is 243 Å². The summed E-state index contributed by atoms with van der Waals surface area (Å²) >= 11 is 0. The third kappa shape index (κ3) is 5.86. The van der Waals surface area contributed by atoms with Gasteiger partial charge in [-0.05, 0) is 31.2 Å². The number of benzene rings is 2. The third-order valence-electron chi connectivity index (χ3n) is 7.39. The van der Waals surface area contributed by atoms with Crippen LogP contribution in [0.15, 0.2) is 45.6 Å². The van der Waals surface area contributed by atoms with Crippen molar-refractivity contribution in [2.24, 2.45) is 0 Å². The molecule has 15 nitrogen and oxygen atoms in total. The predicted octanol–water partition coefficient (Wildman–Crippen LogP) is -1.09. The summed E-state index contributed by atoms with van der Waals surface area (Å²) in [5, 5.41) is 81.6. The zero-order valence-electron chi connectivity index (χ0n) is 22.9. The molecule has 2 aliphatic rings. The molecule has 2 aromatic carbocycles. The van der Waals surface area contributed by atoms with Gasteiger partial charge in [0.15, 0.2) is 12.1 Å². The molecule has 0 aliphatic carbocycles. The van der Waals surface area contributed by atoms with Crippen molar-refractivity contribution in [2.75, 3.05) is 13.7 Å². The second kappa shape index (κ2) is 12.2. The standard InChI is InChI=1S/C28H32O15/c1-10-18(31)21(34)23(36)27(40-10)39-9-16-19(32)22(35)24(37)28(43-16)41-13-7-14(30)17-15(8-13)42-25(26(38-2)20(17)33)11-3-5-12(29)6-4-11/h3-8,10,16,18-19,21-24,27-32,34-37H,9H2,1-2H3/t10-,16+,18-,19+,21+,22-,23+,24+,27+,28+/m0/s1. The molecule has 3 aromatic rings. The highest BCUT2D eigenvalue weighted by atomic mass is 16.7. The number of fused-ring (bicyclic) bond motifs is 1. The Kier molecular flexibility index (Phi) is 8.80. The molecule has 43 heavy (non-hydrogen) atoms. The number of ether oxygens (including phenoxy) is 5. The normalized spacial score (nSPS) is 32.9. The van der Waals surface area contributed by atoms with Gasteiger partial charge in [0, 0.05) is 17.7 Å². The van der Waals surface area contributed by atoms with Gasteiger partial charge in [0.2, 0.25) is 17.5 Å². The summed E-state index contributed by atoms with van der Waals surface area (Å²) in [4.78, 5) is 13.2. The number of hydrogen-bond acceptors (Lipinski definition) is 15. The van der Waals surface area contributed by atoms with Gasteiger partial charge in [0.05, 0.1) is 19.8 Å². The molecule has 2 aliphatic heterocycles. The summed E-state index contributed by atoms with van der Waals surface area (Å²) in [5.74, 6) is -0.924. The van der Waals surface area contributed by atoms with Gasteiger partial charge in [0.25, 0.3) is 0 Å². The van der Waals surface area contributed by atoms with Crippen LogP contribution >= 0.6 is 0 Å². The van der Waals surface area contributed by atoms with Gasteiger partial charge in [-0.25, -0.2) is 0 Å². The fourth-order valence-corrected chi connectivity index (χ4v) is 4.94. The van der Waals surface area contributed by atoms with Gasteiger partial charge in [-0.2, -0.15) is 0 Å². The Balaban J connectivity index is 1.39. The Morgan fingerprint density at radius 1 is 0.814 bits per heavy atom. The molecular formula is C28H32O15. The SMILES string of the molecule is COc1c(-c2ccc(O)cc2)oc2cc(O[C@@H]3O[C@H](CO[C@@H]4O[C@@H](C)[C@H](O)[C@@H](O)[C@H]4O)[C@@H](O)[C@H](O)[C@H]3O)cc(O)c2c1=O. The van der Waals surface area contributed by atoms with Crippen LogP contribution < -0.4 is 14.9 Å². The lowest BCUT2D eigenvalue weighted by atomic mass is 9.98. The van der Waals surface area contributed by atoms with Gasteiger partial charge in [-0.3, -0.25) is 4.79 Å². The van der Waals surface area contributed by atoms with Crippen molar-refractivity contribution in [1.29, 1.82) is 0 Å². The van der Waals surface area contributed by atoms with E-state index in [9.17, 15) is 45.6 Å². The van der Waals surface area contributed by atoms with Crippen molar-refractivity contribution in [3.05, 3.63) is 46.6 Å². The first-order valence-corrected chi connectivity index (χ1v) is 13.3. The van der Waals surface area contributed by atoms with Crippen LogP contribution in [0.5, 0.6) is 23.0 Å². The predicted molar refractivity (Wildman–Crippen MR) is 143 cm³/mol. The van der Waals surface area contributed by atoms with E-state index in [1.807, 2.05) is 0 Å². The average Bonchev–Trinajstić information content (AvgIpc) is 2.98. The highest BCUT2D eigenvalue weighted by Gasteiger charge is 2.47. The Hall–Kier alpha value is -3.51. The second-order valence-electron chi connectivity index (χ2n) is 10.3. The molecule has 15 heteroatoms. The van der Waals surface area contributed by atoms with E-state index in [4.69, 9.17) is 28.1 Å². The van der Waals surface area contributed by atoms with Crippen LogP contribution in [0, 0.1) is 0 Å². The van der Waals surface area contributed by atoms with E-state index in [1.165, 1.54) is 44.4 Å². The summed E-state index contributed by atoms with van der Waals surface area (Å²) in [6.45, 7) is 0.951. The molecule has 10 atom stereocenters. The minimum Gasteiger partial charge on any atom is -0.508 e. The van der Waals surface area contributed by atoms with Gasteiger partial charge in [-0.15, -0.1) is 0 Å². The Bertz CT molecular complexity index is 1490.